The van der Waals surface area contributed by atoms with Crippen molar-refractivity contribution in [2.24, 2.45) is 5.92 Å². The fourth-order valence-electron chi connectivity index (χ4n) is 1.23. The first-order valence-electron chi connectivity index (χ1n) is 4.14. The number of H-pyrrole nitrogens is 1. The predicted molar refractivity (Wildman–Crippen MR) is 44.8 cm³/mol. The van der Waals surface area contributed by atoms with E-state index in [-0.39, 0.29) is 17.3 Å². The van der Waals surface area contributed by atoms with E-state index < -0.39 is 5.97 Å². The minimum atomic E-state index is -1.01. The lowest BCUT2D eigenvalue weighted by molar-refractivity contribution is 0.0697. The summed E-state index contributed by atoms with van der Waals surface area (Å²) in [5, 5.41) is 8.60. The molecule has 0 unspecified atom stereocenters. The Hall–Kier alpha value is -1.58. The number of carbonyl (C=O) groups excluding carboxylic acids is 1. The zero-order chi connectivity index (χ0) is 9.42. The molecule has 0 aliphatic heterocycles. The number of rotatable bonds is 3. The molecule has 0 aromatic carbocycles. The van der Waals surface area contributed by atoms with Crippen LogP contribution in [0.15, 0.2) is 12.3 Å². The van der Waals surface area contributed by atoms with Crippen LogP contribution in [0.3, 0.4) is 0 Å². The molecule has 0 radical (unpaired) electrons. The second-order valence-electron chi connectivity index (χ2n) is 3.25. The second-order valence-corrected chi connectivity index (χ2v) is 3.25. The average Bonchev–Trinajstić information content (AvgIpc) is 2.81. The van der Waals surface area contributed by atoms with E-state index in [4.69, 9.17) is 5.11 Å². The van der Waals surface area contributed by atoms with E-state index in [1.165, 1.54) is 12.3 Å². The number of carboxylic acids is 1. The van der Waals surface area contributed by atoms with E-state index in [0.717, 1.165) is 12.8 Å². The Labute approximate surface area is 74.6 Å². The molecule has 0 atom stereocenters. The van der Waals surface area contributed by atoms with Crippen molar-refractivity contribution in [3.63, 3.8) is 0 Å². The maximum atomic E-state index is 11.4. The number of ketones is 1. The maximum absolute atomic E-state index is 11.4. The van der Waals surface area contributed by atoms with Gasteiger partial charge in [-0.2, -0.15) is 0 Å². The molecular weight excluding hydrogens is 170 g/mol. The Kier molecular flexibility index (Phi) is 1.69. The third-order valence-electron chi connectivity index (χ3n) is 2.14. The first-order chi connectivity index (χ1) is 6.18. The molecule has 2 rings (SSSR count). The lowest BCUT2D eigenvalue weighted by Crippen LogP contribution is -2.01. The molecule has 13 heavy (non-hydrogen) atoms. The lowest BCUT2D eigenvalue weighted by atomic mass is 10.2. The molecular formula is C9H9NO3. The van der Waals surface area contributed by atoms with Crippen LogP contribution in [0.5, 0.6) is 0 Å². The molecule has 1 aromatic heterocycles. The maximum Gasteiger partial charge on any atom is 0.337 e. The van der Waals surface area contributed by atoms with Crippen molar-refractivity contribution in [1.29, 1.82) is 0 Å². The Morgan fingerprint density at radius 1 is 1.46 bits per heavy atom. The highest BCUT2D eigenvalue weighted by Gasteiger charge is 2.31. The molecule has 0 bridgehead atoms. The summed E-state index contributed by atoms with van der Waals surface area (Å²) in [6.45, 7) is 0. The second kappa shape index (κ2) is 2.73. The summed E-state index contributed by atoms with van der Waals surface area (Å²) < 4.78 is 0. The van der Waals surface area contributed by atoms with Gasteiger partial charge in [-0.3, -0.25) is 4.79 Å². The summed E-state index contributed by atoms with van der Waals surface area (Å²) in [7, 11) is 0. The van der Waals surface area contributed by atoms with Gasteiger partial charge in [0.2, 0.25) is 0 Å². The van der Waals surface area contributed by atoms with Crippen LogP contribution in [0.25, 0.3) is 0 Å². The van der Waals surface area contributed by atoms with Crippen molar-refractivity contribution < 1.29 is 14.7 Å². The van der Waals surface area contributed by atoms with Crippen molar-refractivity contribution in [2.75, 3.05) is 0 Å². The molecule has 1 fully saturated rings. The molecule has 1 aromatic rings. The number of hydrogen-bond donors (Lipinski definition) is 2. The zero-order valence-electron chi connectivity index (χ0n) is 6.91. The Bertz CT molecular complexity index is 363. The van der Waals surface area contributed by atoms with Gasteiger partial charge in [0, 0.05) is 12.1 Å². The van der Waals surface area contributed by atoms with Crippen molar-refractivity contribution in [2.45, 2.75) is 12.8 Å². The molecule has 4 nitrogen and oxygen atoms in total. The molecule has 1 aliphatic carbocycles. The Morgan fingerprint density at radius 2 is 2.15 bits per heavy atom. The Balaban J connectivity index is 2.21. The number of aromatic nitrogens is 1. The summed E-state index contributed by atoms with van der Waals surface area (Å²) in [5.41, 5.74) is 0.559. The molecule has 0 saturated heterocycles. The van der Waals surface area contributed by atoms with E-state index in [0.29, 0.717) is 5.69 Å². The molecule has 1 saturated carbocycles. The normalized spacial score (nSPS) is 15.7. The van der Waals surface area contributed by atoms with Gasteiger partial charge in [0.15, 0.2) is 5.78 Å². The van der Waals surface area contributed by atoms with Gasteiger partial charge in [-0.05, 0) is 18.9 Å². The van der Waals surface area contributed by atoms with Gasteiger partial charge in [-0.1, -0.05) is 0 Å². The van der Waals surface area contributed by atoms with Crippen LogP contribution in [0.4, 0.5) is 0 Å². The highest BCUT2D eigenvalue weighted by molar-refractivity contribution is 6.00. The van der Waals surface area contributed by atoms with Crippen molar-refractivity contribution >= 4 is 11.8 Å². The van der Waals surface area contributed by atoms with E-state index in [1.807, 2.05) is 0 Å². The minimum absolute atomic E-state index is 0.0347. The van der Waals surface area contributed by atoms with Gasteiger partial charge in [0.25, 0.3) is 0 Å². The highest BCUT2D eigenvalue weighted by atomic mass is 16.4. The monoisotopic (exact) mass is 179 g/mol. The van der Waals surface area contributed by atoms with Crippen LogP contribution < -0.4 is 0 Å². The smallest absolute Gasteiger partial charge is 0.337 e. The molecule has 2 N–H and O–H groups in total. The van der Waals surface area contributed by atoms with Gasteiger partial charge >= 0.3 is 5.97 Å². The third kappa shape index (κ3) is 1.47. The molecule has 68 valence electrons. The Morgan fingerprint density at radius 3 is 2.62 bits per heavy atom. The van der Waals surface area contributed by atoms with Gasteiger partial charge in [0.05, 0.1) is 11.3 Å². The molecule has 0 amide bonds. The molecule has 0 spiro atoms. The largest absolute Gasteiger partial charge is 0.478 e. The first kappa shape index (κ1) is 8.04. The van der Waals surface area contributed by atoms with Crippen LogP contribution in [0.1, 0.15) is 33.7 Å². The number of aromatic amines is 1. The summed E-state index contributed by atoms with van der Waals surface area (Å²) in [4.78, 5) is 24.6. The zero-order valence-corrected chi connectivity index (χ0v) is 6.91. The number of hydrogen-bond acceptors (Lipinski definition) is 2. The number of carbonyl (C=O) groups is 2. The first-order valence-corrected chi connectivity index (χ1v) is 4.14. The van der Waals surface area contributed by atoms with Crippen molar-refractivity contribution in [1.82, 2.24) is 4.98 Å². The van der Waals surface area contributed by atoms with Crippen LogP contribution in [-0.4, -0.2) is 21.8 Å². The summed E-state index contributed by atoms with van der Waals surface area (Å²) in [6.07, 6.45) is 3.21. The van der Waals surface area contributed by atoms with Crippen molar-refractivity contribution in [3.8, 4) is 0 Å². The topological polar surface area (TPSA) is 70.2 Å². The van der Waals surface area contributed by atoms with Crippen LogP contribution >= 0.6 is 0 Å². The number of aromatic carboxylic acids is 1. The third-order valence-corrected chi connectivity index (χ3v) is 2.14. The van der Waals surface area contributed by atoms with Crippen LogP contribution in [0.2, 0.25) is 0 Å². The van der Waals surface area contributed by atoms with Crippen LogP contribution in [-0.2, 0) is 0 Å². The molecule has 4 heteroatoms. The van der Waals surface area contributed by atoms with Gasteiger partial charge < -0.3 is 10.1 Å². The number of carboxylic acid groups (broad SMARTS) is 1. The molecule has 1 aliphatic rings. The lowest BCUT2D eigenvalue weighted by Gasteiger charge is -1.90. The van der Waals surface area contributed by atoms with Gasteiger partial charge in [-0.25, -0.2) is 4.79 Å². The van der Waals surface area contributed by atoms with E-state index in [9.17, 15) is 9.59 Å². The molecule has 1 heterocycles. The summed E-state index contributed by atoms with van der Waals surface area (Å²) in [5.74, 6) is -0.848. The average molecular weight is 179 g/mol. The highest BCUT2D eigenvalue weighted by Crippen LogP contribution is 2.32. The summed E-state index contributed by atoms with van der Waals surface area (Å²) in [6, 6.07) is 1.39. The SMILES string of the molecule is O=C(O)c1c[nH]c(C(=O)C2CC2)c1. The summed E-state index contributed by atoms with van der Waals surface area (Å²) >= 11 is 0. The van der Waals surface area contributed by atoms with Crippen molar-refractivity contribution in [3.05, 3.63) is 23.5 Å². The standard InChI is InChI=1S/C9H9NO3/c11-8(5-1-2-5)7-3-6(4-10-7)9(12)13/h3-5,10H,1-2H2,(H,12,13). The van der Waals surface area contributed by atoms with Gasteiger partial charge in [0.1, 0.15) is 0 Å². The fraction of sp³-hybridized carbons (Fsp3) is 0.333. The predicted octanol–water partition coefficient (Wildman–Crippen LogP) is 1.31. The van der Waals surface area contributed by atoms with E-state index in [2.05, 4.69) is 4.98 Å². The number of nitrogens with one attached hydrogen (secondary N) is 1. The van der Waals surface area contributed by atoms with E-state index >= 15 is 0 Å². The number of Topliss-reactive ketones (excluding diaryl/α,β-unsaturated/α-hetero) is 1. The minimum Gasteiger partial charge on any atom is -0.478 e. The van der Waals surface area contributed by atoms with Gasteiger partial charge in [-0.15, -0.1) is 0 Å². The quantitative estimate of drug-likeness (QED) is 0.687. The van der Waals surface area contributed by atoms with Crippen LogP contribution in [0, 0.1) is 5.92 Å². The van der Waals surface area contributed by atoms with E-state index in [1.54, 1.807) is 0 Å². The fourth-order valence-corrected chi connectivity index (χ4v) is 1.23.